The number of amides is 1. The molecule has 0 spiro atoms. The van der Waals surface area contributed by atoms with Gasteiger partial charge >= 0.3 is 0 Å². The van der Waals surface area contributed by atoms with Crippen LogP contribution in [0.1, 0.15) is 13.3 Å². The zero-order valence-corrected chi connectivity index (χ0v) is 8.82. The second-order valence-electron chi connectivity index (χ2n) is 3.44. The van der Waals surface area contributed by atoms with Crippen molar-refractivity contribution in [1.82, 2.24) is 5.32 Å². The Morgan fingerprint density at radius 2 is 2.27 bits per heavy atom. The Hall–Kier alpha value is -1.52. The first-order valence-corrected chi connectivity index (χ1v) is 4.90. The van der Waals surface area contributed by atoms with Crippen LogP contribution in [0, 0.1) is 5.92 Å². The van der Waals surface area contributed by atoms with E-state index in [2.05, 4.69) is 22.0 Å². The normalized spacial score (nSPS) is 21.7. The summed E-state index contributed by atoms with van der Waals surface area (Å²) < 4.78 is 0. The summed E-state index contributed by atoms with van der Waals surface area (Å²) in [5.41, 5.74) is 0.596. The van der Waals surface area contributed by atoms with Crippen molar-refractivity contribution in [3.63, 3.8) is 0 Å². The predicted molar refractivity (Wildman–Crippen MR) is 58.5 cm³/mol. The Balaban J connectivity index is 2.51. The first-order valence-electron chi connectivity index (χ1n) is 4.90. The number of hydrogen-bond donors (Lipinski definition) is 1. The van der Waals surface area contributed by atoms with E-state index in [-0.39, 0.29) is 18.2 Å². The summed E-state index contributed by atoms with van der Waals surface area (Å²) >= 11 is 0. The van der Waals surface area contributed by atoms with Crippen LogP contribution in [0.5, 0.6) is 0 Å². The van der Waals surface area contributed by atoms with Crippen LogP contribution in [-0.2, 0) is 9.59 Å². The van der Waals surface area contributed by atoms with Crippen LogP contribution in [0.2, 0.25) is 0 Å². The third-order valence-electron chi connectivity index (χ3n) is 2.27. The van der Waals surface area contributed by atoms with E-state index in [4.69, 9.17) is 0 Å². The summed E-state index contributed by atoms with van der Waals surface area (Å²) in [6.07, 6.45) is 0.795. The van der Waals surface area contributed by atoms with Crippen molar-refractivity contribution in [3.05, 3.63) is 0 Å². The van der Waals surface area contributed by atoms with Crippen LogP contribution in [-0.4, -0.2) is 43.8 Å². The van der Waals surface area contributed by atoms with Gasteiger partial charge in [0.05, 0.1) is 6.54 Å². The molecule has 0 aromatic heterocycles. The van der Waals surface area contributed by atoms with E-state index in [0.717, 1.165) is 6.42 Å². The highest BCUT2D eigenvalue weighted by molar-refractivity contribution is 6.23. The fourth-order valence-corrected chi connectivity index (χ4v) is 1.48. The molecule has 1 unspecified atom stereocenters. The number of ketones is 1. The Labute approximate surface area is 88.7 Å². The molecule has 5 heteroatoms. The van der Waals surface area contributed by atoms with Crippen LogP contribution in [0.25, 0.3) is 0 Å². The highest BCUT2D eigenvalue weighted by atomic mass is 16.2. The summed E-state index contributed by atoms with van der Waals surface area (Å²) in [6.45, 7) is 6.45. The summed E-state index contributed by atoms with van der Waals surface area (Å²) in [5.74, 6) is -0.993. The quantitative estimate of drug-likeness (QED) is 0.388. The predicted octanol–water partition coefficient (Wildman–Crippen LogP) is -0.147. The Kier molecular flexibility index (Phi) is 4.15. The second kappa shape index (κ2) is 5.38. The topological polar surface area (TPSA) is 70.9 Å². The van der Waals surface area contributed by atoms with Gasteiger partial charge in [-0.3, -0.25) is 14.6 Å². The molecule has 0 bridgehead atoms. The molecule has 1 saturated heterocycles. The average molecular weight is 209 g/mol. The third-order valence-corrected chi connectivity index (χ3v) is 2.27. The molecule has 0 radical (unpaired) electrons. The van der Waals surface area contributed by atoms with E-state index in [1.165, 1.54) is 0 Å². The molecule has 1 aliphatic rings. The minimum Gasteiger partial charge on any atom is -0.348 e. The van der Waals surface area contributed by atoms with Gasteiger partial charge in [-0.25, -0.2) is 0 Å². The van der Waals surface area contributed by atoms with Crippen molar-refractivity contribution in [2.75, 3.05) is 19.6 Å². The van der Waals surface area contributed by atoms with E-state index in [1.54, 1.807) is 6.92 Å². The van der Waals surface area contributed by atoms with Crippen LogP contribution < -0.4 is 5.32 Å². The molecule has 0 saturated carbocycles. The fraction of sp³-hybridized carbons (Fsp3) is 0.600. The number of nitrogens with one attached hydrogen (secondary N) is 1. The zero-order chi connectivity index (χ0) is 11.3. The number of hydrogen-bond acceptors (Lipinski definition) is 4. The molecule has 1 aliphatic heterocycles. The molecule has 15 heavy (non-hydrogen) atoms. The van der Waals surface area contributed by atoms with Gasteiger partial charge in [-0.05, 0) is 20.1 Å². The zero-order valence-electron chi connectivity index (χ0n) is 8.82. The van der Waals surface area contributed by atoms with E-state index < -0.39 is 5.92 Å². The van der Waals surface area contributed by atoms with Crippen molar-refractivity contribution >= 4 is 24.1 Å². The summed E-state index contributed by atoms with van der Waals surface area (Å²) in [4.78, 5) is 30.5. The summed E-state index contributed by atoms with van der Waals surface area (Å²) in [7, 11) is 0. The highest BCUT2D eigenvalue weighted by Gasteiger charge is 2.34. The molecule has 82 valence electrons. The number of rotatable bonds is 5. The van der Waals surface area contributed by atoms with Gasteiger partial charge in [0, 0.05) is 18.8 Å². The molecule has 1 fully saturated rings. The van der Waals surface area contributed by atoms with Gasteiger partial charge in [-0.2, -0.15) is 0 Å². The van der Waals surface area contributed by atoms with Gasteiger partial charge in [-0.1, -0.05) is 0 Å². The van der Waals surface area contributed by atoms with Gasteiger partial charge in [0.25, 0.3) is 0 Å². The molecular weight excluding hydrogens is 194 g/mol. The van der Waals surface area contributed by atoms with Crippen LogP contribution >= 0.6 is 0 Å². The maximum absolute atomic E-state index is 11.3. The molecule has 1 amide bonds. The fourth-order valence-electron chi connectivity index (χ4n) is 1.48. The average Bonchev–Trinajstić information content (AvgIpc) is 2.53. The monoisotopic (exact) mass is 209 g/mol. The lowest BCUT2D eigenvalue weighted by atomic mass is 10.0. The van der Waals surface area contributed by atoms with Gasteiger partial charge in [0.2, 0.25) is 5.91 Å². The van der Waals surface area contributed by atoms with Gasteiger partial charge in [0.1, 0.15) is 5.92 Å². The van der Waals surface area contributed by atoms with Crippen LogP contribution in [0.15, 0.2) is 9.98 Å². The minimum absolute atomic E-state index is 0.0944. The molecule has 1 N–H and O–H groups in total. The molecule has 1 rings (SSSR count). The van der Waals surface area contributed by atoms with Gasteiger partial charge in [0.15, 0.2) is 5.78 Å². The smallest absolute Gasteiger partial charge is 0.236 e. The van der Waals surface area contributed by atoms with Crippen molar-refractivity contribution in [2.45, 2.75) is 13.3 Å². The van der Waals surface area contributed by atoms with Crippen molar-refractivity contribution in [3.8, 4) is 0 Å². The lowest BCUT2D eigenvalue weighted by Crippen LogP contribution is -2.26. The summed E-state index contributed by atoms with van der Waals surface area (Å²) in [6, 6.07) is 0. The molecule has 0 aromatic carbocycles. The van der Waals surface area contributed by atoms with Crippen LogP contribution in [0.4, 0.5) is 0 Å². The standard InChI is InChI=1S/C10H15N3O2/c1-7(12-5-3-4-11-2)9-8(14)6-13-10(9)15/h9H,2-6H2,1H3,(H,13,15). The first-order chi connectivity index (χ1) is 7.16. The minimum atomic E-state index is -0.665. The number of Topliss-reactive ketones (excluding diaryl/α,β-unsaturated/α-hetero) is 1. The number of nitrogens with zero attached hydrogens (tertiary/aromatic N) is 2. The number of carbonyl (C=O) groups excluding carboxylic acids is 2. The van der Waals surface area contributed by atoms with E-state index in [9.17, 15) is 9.59 Å². The lowest BCUT2D eigenvalue weighted by Gasteiger charge is -2.04. The Bertz CT molecular complexity index is 294. The van der Waals surface area contributed by atoms with Crippen molar-refractivity contribution in [1.29, 1.82) is 0 Å². The third kappa shape index (κ3) is 2.97. The largest absolute Gasteiger partial charge is 0.348 e. The number of carbonyl (C=O) groups is 2. The van der Waals surface area contributed by atoms with E-state index >= 15 is 0 Å². The Morgan fingerprint density at radius 3 is 2.80 bits per heavy atom. The number of aliphatic imine (C=N–C) groups is 2. The van der Waals surface area contributed by atoms with Crippen molar-refractivity contribution in [2.24, 2.45) is 15.9 Å². The van der Waals surface area contributed by atoms with Crippen LogP contribution in [0.3, 0.4) is 0 Å². The highest BCUT2D eigenvalue weighted by Crippen LogP contribution is 2.08. The van der Waals surface area contributed by atoms with E-state index in [0.29, 0.717) is 18.8 Å². The molecule has 0 aromatic rings. The Morgan fingerprint density at radius 1 is 1.53 bits per heavy atom. The second-order valence-corrected chi connectivity index (χ2v) is 3.44. The maximum atomic E-state index is 11.3. The van der Waals surface area contributed by atoms with Gasteiger partial charge < -0.3 is 10.3 Å². The van der Waals surface area contributed by atoms with Gasteiger partial charge in [-0.15, -0.1) is 0 Å². The summed E-state index contributed by atoms with van der Waals surface area (Å²) in [5, 5.41) is 2.50. The molecule has 1 atom stereocenters. The van der Waals surface area contributed by atoms with E-state index in [1.807, 2.05) is 0 Å². The first kappa shape index (κ1) is 11.6. The maximum Gasteiger partial charge on any atom is 0.236 e. The molecule has 1 heterocycles. The molecular formula is C10H15N3O2. The lowest BCUT2D eigenvalue weighted by molar-refractivity contribution is -0.124. The SMILES string of the molecule is C=NCCCN=C(C)C1C(=O)CNC1=O. The molecule has 0 aliphatic carbocycles. The molecule has 5 nitrogen and oxygen atoms in total. The van der Waals surface area contributed by atoms with Crippen molar-refractivity contribution < 1.29 is 9.59 Å².